The molecule has 0 radical (unpaired) electrons. The number of aromatic nitrogens is 2. The van der Waals surface area contributed by atoms with E-state index in [9.17, 15) is 0 Å². The van der Waals surface area contributed by atoms with Crippen LogP contribution in [0, 0.1) is 0 Å². The van der Waals surface area contributed by atoms with Crippen molar-refractivity contribution in [3.63, 3.8) is 0 Å². The van der Waals surface area contributed by atoms with Crippen LogP contribution in [0.4, 0.5) is 5.82 Å². The molecule has 3 N–H and O–H groups in total. The van der Waals surface area contributed by atoms with Gasteiger partial charge in [-0.25, -0.2) is 0 Å². The van der Waals surface area contributed by atoms with E-state index in [0.717, 1.165) is 15.6 Å². The first-order valence-electron chi connectivity index (χ1n) is 7.85. The Bertz CT molecular complexity index is 581. The van der Waals surface area contributed by atoms with E-state index >= 15 is 0 Å². The highest BCUT2D eigenvalue weighted by molar-refractivity contribution is 9.10. The van der Waals surface area contributed by atoms with Crippen LogP contribution >= 0.6 is 15.9 Å². The highest BCUT2D eigenvalue weighted by Crippen LogP contribution is 2.38. The maximum absolute atomic E-state index is 6.13. The number of nitrogens with one attached hydrogen (secondary N) is 1. The maximum atomic E-state index is 6.13. The zero-order chi connectivity index (χ0) is 14.7. The topological polar surface area (TPSA) is 54.7 Å². The summed E-state index contributed by atoms with van der Waals surface area (Å²) in [6.45, 7) is 0. The van der Waals surface area contributed by atoms with Crippen LogP contribution in [0.3, 0.4) is 0 Å². The number of aromatic amines is 1. The van der Waals surface area contributed by atoms with Crippen molar-refractivity contribution < 1.29 is 0 Å². The van der Waals surface area contributed by atoms with Crippen molar-refractivity contribution in [1.82, 2.24) is 10.2 Å². The lowest BCUT2D eigenvalue weighted by molar-refractivity contribution is 0.449. The molecule has 21 heavy (non-hydrogen) atoms. The van der Waals surface area contributed by atoms with Crippen molar-refractivity contribution >= 4 is 21.7 Å². The highest BCUT2D eigenvalue weighted by Gasteiger charge is 2.22. The van der Waals surface area contributed by atoms with Gasteiger partial charge in [0.15, 0.2) is 5.82 Å². The van der Waals surface area contributed by atoms with Crippen LogP contribution in [-0.2, 0) is 0 Å². The number of hydrogen-bond acceptors (Lipinski definition) is 2. The van der Waals surface area contributed by atoms with Gasteiger partial charge >= 0.3 is 0 Å². The number of nitrogens with two attached hydrogens (primary N) is 1. The SMILES string of the molecule is Nc1n[nH]c(C2CCCCCCC2)c1-c1ccc(Br)cc1. The first kappa shape index (κ1) is 14.6. The van der Waals surface area contributed by atoms with Crippen molar-refractivity contribution in [2.45, 2.75) is 50.9 Å². The van der Waals surface area contributed by atoms with Crippen molar-refractivity contribution in [3.8, 4) is 11.1 Å². The van der Waals surface area contributed by atoms with Gasteiger partial charge in [-0.05, 0) is 30.5 Å². The van der Waals surface area contributed by atoms with Crippen molar-refractivity contribution in [3.05, 3.63) is 34.4 Å². The molecule has 0 amide bonds. The predicted octanol–water partition coefficient (Wildman–Crippen LogP) is 5.25. The van der Waals surface area contributed by atoms with Crippen LogP contribution in [0.25, 0.3) is 11.1 Å². The Kier molecular flexibility index (Phi) is 4.63. The zero-order valence-electron chi connectivity index (χ0n) is 12.2. The summed E-state index contributed by atoms with van der Waals surface area (Å²) in [6.07, 6.45) is 9.20. The number of hydrogen-bond donors (Lipinski definition) is 2. The van der Waals surface area contributed by atoms with E-state index in [1.165, 1.54) is 50.6 Å². The quantitative estimate of drug-likeness (QED) is 0.779. The Hall–Kier alpha value is -1.29. The van der Waals surface area contributed by atoms with Gasteiger partial charge in [-0.3, -0.25) is 5.10 Å². The summed E-state index contributed by atoms with van der Waals surface area (Å²) in [4.78, 5) is 0. The molecular weight excluding hydrogens is 326 g/mol. The first-order valence-corrected chi connectivity index (χ1v) is 8.64. The monoisotopic (exact) mass is 347 g/mol. The molecule has 0 aliphatic heterocycles. The van der Waals surface area contributed by atoms with E-state index in [-0.39, 0.29) is 0 Å². The average molecular weight is 348 g/mol. The first-order chi connectivity index (χ1) is 10.3. The molecule has 1 aromatic heterocycles. The van der Waals surface area contributed by atoms with Gasteiger partial charge in [-0.2, -0.15) is 5.10 Å². The summed E-state index contributed by atoms with van der Waals surface area (Å²) in [5, 5.41) is 7.50. The van der Waals surface area contributed by atoms with Crippen LogP contribution < -0.4 is 5.73 Å². The molecule has 1 saturated carbocycles. The summed E-state index contributed by atoms with van der Waals surface area (Å²) in [7, 11) is 0. The standard InChI is InChI=1S/C17H22BrN3/c18-14-10-8-12(9-11-14)15-16(20-21-17(15)19)13-6-4-2-1-3-5-7-13/h8-11,13H,1-7H2,(H3,19,20,21). The number of halogens is 1. The Balaban J connectivity index is 1.93. The van der Waals surface area contributed by atoms with Gasteiger partial charge in [0.05, 0.1) is 0 Å². The molecule has 1 aliphatic rings. The average Bonchev–Trinajstić information content (AvgIpc) is 2.81. The van der Waals surface area contributed by atoms with Crippen molar-refractivity contribution in [2.75, 3.05) is 5.73 Å². The summed E-state index contributed by atoms with van der Waals surface area (Å²) in [5.74, 6) is 1.18. The van der Waals surface area contributed by atoms with E-state index in [0.29, 0.717) is 11.7 Å². The largest absolute Gasteiger partial charge is 0.382 e. The lowest BCUT2D eigenvalue weighted by atomic mass is 9.86. The van der Waals surface area contributed by atoms with Crippen LogP contribution in [0.5, 0.6) is 0 Å². The number of anilines is 1. The van der Waals surface area contributed by atoms with Gasteiger partial charge in [0, 0.05) is 21.6 Å². The normalized spacial score (nSPS) is 17.4. The molecule has 4 heteroatoms. The summed E-state index contributed by atoms with van der Waals surface area (Å²) < 4.78 is 1.08. The Labute approximate surface area is 134 Å². The fraction of sp³-hybridized carbons (Fsp3) is 0.471. The Morgan fingerprint density at radius 2 is 1.62 bits per heavy atom. The molecule has 112 valence electrons. The Morgan fingerprint density at radius 1 is 1.00 bits per heavy atom. The van der Waals surface area contributed by atoms with Crippen LogP contribution in [0.15, 0.2) is 28.7 Å². The molecule has 0 unspecified atom stereocenters. The third kappa shape index (κ3) is 3.31. The second-order valence-corrected chi connectivity index (χ2v) is 6.86. The van der Waals surface area contributed by atoms with Crippen LogP contribution in [-0.4, -0.2) is 10.2 Å². The minimum atomic E-state index is 0.564. The van der Waals surface area contributed by atoms with Gasteiger partial charge in [0.25, 0.3) is 0 Å². The molecule has 1 aromatic carbocycles. The lowest BCUT2D eigenvalue weighted by Crippen LogP contribution is -2.04. The Morgan fingerprint density at radius 3 is 2.29 bits per heavy atom. The summed E-state index contributed by atoms with van der Waals surface area (Å²) in [5.41, 5.74) is 9.63. The second kappa shape index (κ2) is 6.65. The lowest BCUT2D eigenvalue weighted by Gasteiger charge is -2.20. The number of rotatable bonds is 2. The van der Waals surface area contributed by atoms with Gasteiger partial charge in [-0.15, -0.1) is 0 Å². The van der Waals surface area contributed by atoms with Gasteiger partial charge in [0.2, 0.25) is 0 Å². The third-order valence-corrected chi connectivity index (χ3v) is 5.00. The molecule has 2 aromatic rings. The van der Waals surface area contributed by atoms with Gasteiger partial charge < -0.3 is 5.73 Å². The molecule has 1 heterocycles. The number of benzene rings is 1. The van der Waals surface area contributed by atoms with E-state index in [1.54, 1.807) is 0 Å². The fourth-order valence-corrected chi connectivity index (χ4v) is 3.59. The van der Waals surface area contributed by atoms with Crippen molar-refractivity contribution in [1.29, 1.82) is 0 Å². The summed E-state index contributed by atoms with van der Waals surface area (Å²) in [6, 6.07) is 8.34. The van der Waals surface area contributed by atoms with Crippen LogP contribution in [0.2, 0.25) is 0 Å². The minimum absolute atomic E-state index is 0.564. The predicted molar refractivity (Wildman–Crippen MR) is 91.2 cm³/mol. The highest BCUT2D eigenvalue weighted by atomic mass is 79.9. The molecule has 1 aliphatic carbocycles. The fourth-order valence-electron chi connectivity index (χ4n) is 3.33. The molecule has 0 saturated heterocycles. The van der Waals surface area contributed by atoms with Crippen molar-refractivity contribution in [2.24, 2.45) is 0 Å². The van der Waals surface area contributed by atoms with Crippen LogP contribution in [0.1, 0.15) is 56.6 Å². The second-order valence-electron chi connectivity index (χ2n) is 5.95. The minimum Gasteiger partial charge on any atom is -0.382 e. The zero-order valence-corrected chi connectivity index (χ0v) is 13.8. The smallest absolute Gasteiger partial charge is 0.153 e. The van der Waals surface area contributed by atoms with E-state index in [1.807, 2.05) is 0 Å². The number of nitrogens with zero attached hydrogens (tertiary/aromatic N) is 1. The molecule has 1 fully saturated rings. The van der Waals surface area contributed by atoms with E-state index < -0.39 is 0 Å². The molecule has 0 spiro atoms. The maximum Gasteiger partial charge on any atom is 0.153 e. The van der Waals surface area contributed by atoms with Gasteiger partial charge in [-0.1, -0.05) is 60.2 Å². The van der Waals surface area contributed by atoms with E-state index in [4.69, 9.17) is 5.73 Å². The number of nitrogen functional groups attached to an aromatic ring is 1. The molecule has 0 bridgehead atoms. The third-order valence-electron chi connectivity index (χ3n) is 4.47. The van der Waals surface area contributed by atoms with Gasteiger partial charge in [0.1, 0.15) is 0 Å². The molecular formula is C17H22BrN3. The number of H-pyrrole nitrogens is 1. The molecule has 3 nitrogen and oxygen atoms in total. The van der Waals surface area contributed by atoms with E-state index in [2.05, 4.69) is 50.4 Å². The molecule has 0 atom stereocenters. The molecule has 3 rings (SSSR count). The summed E-state index contributed by atoms with van der Waals surface area (Å²) >= 11 is 3.49.